The SMILES string of the molecule is NCc1ccc(Cl)cc1Oc1cc(Cl)ccc1Cl. The van der Waals surface area contributed by atoms with Crippen molar-refractivity contribution in [1.29, 1.82) is 0 Å². The number of rotatable bonds is 3. The zero-order valence-electron chi connectivity index (χ0n) is 9.29. The van der Waals surface area contributed by atoms with E-state index in [1.807, 2.05) is 6.07 Å². The zero-order chi connectivity index (χ0) is 13.1. The number of hydrogen-bond acceptors (Lipinski definition) is 2. The number of halogens is 3. The average Bonchev–Trinajstić information content (AvgIpc) is 2.34. The number of nitrogens with two attached hydrogens (primary N) is 1. The topological polar surface area (TPSA) is 35.2 Å². The summed E-state index contributed by atoms with van der Waals surface area (Å²) in [4.78, 5) is 0. The molecule has 0 saturated carbocycles. The first-order chi connectivity index (χ1) is 8.60. The first-order valence-electron chi connectivity index (χ1n) is 5.21. The van der Waals surface area contributed by atoms with Gasteiger partial charge in [0.1, 0.15) is 11.5 Å². The van der Waals surface area contributed by atoms with Crippen LogP contribution in [0.5, 0.6) is 11.5 Å². The molecule has 0 radical (unpaired) electrons. The minimum atomic E-state index is 0.352. The Morgan fingerprint density at radius 2 is 1.50 bits per heavy atom. The molecule has 2 aromatic rings. The number of ether oxygens (including phenoxy) is 1. The Kier molecular flexibility index (Phi) is 4.36. The molecular weight excluding hydrogens is 293 g/mol. The fourth-order valence-electron chi connectivity index (χ4n) is 1.47. The van der Waals surface area contributed by atoms with E-state index in [9.17, 15) is 0 Å². The molecule has 0 spiro atoms. The summed E-state index contributed by atoms with van der Waals surface area (Å²) in [6.07, 6.45) is 0. The van der Waals surface area contributed by atoms with E-state index < -0.39 is 0 Å². The van der Waals surface area contributed by atoms with E-state index >= 15 is 0 Å². The lowest BCUT2D eigenvalue weighted by molar-refractivity contribution is 0.477. The second kappa shape index (κ2) is 5.81. The summed E-state index contributed by atoms with van der Waals surface area (Å²) in [7, 11) is 0. The lowest BCUT2D eigenvalue weighted by Crippen LogP contribution is -1.99. The molecule has 2 aromatic carbocycles. The van der Waals surface area contributed by atoms with Gasteiger partial charge in [-0.05, 0) is 24.3 Å². The van der Waals surface area contributed by atoms with Crippen molar-refractivity contribution in [3.8, 4) is 11.5 Å². The fraction of sp³-hybridized carbons (Fsp3) is 0.0769. The van der Waals surface area contributed by atoms with Crippen molar-refractivity contribution in [1.82, 2.24) is 0 Å². The highest BCUT2D eigenvalue weighted by Crippen LogP contribution is 2.34. The lowest BCUT2D eigenvalue weighted by Gasteiger charge is -2.11. The van der Waals surface area contributed by atoms with Gasteiger partial charge in [-0.1, -0.05) is 40.9 Å². The molecule has 0 atom stereocenters. The Morgan fingerprint density at radius 3 is 2.17 bits per heavy atom. The monoisotopic (exact) mass is 301 g/mol. The molecule has 0 aliphatic carbocycles. The Labute approximate surface area is 120 Å². The van der Waals surface area contributed by atoms with Crippen LogP contribution in [0.1, 0.15) is 5.56 Å². The maximum Gasteiger partial charge on any atom is 0.147 e. The molecule has 0 aliphatic rings. The Balaban J connectivity index is 2.38. The van der Waals surface area contributed by atoms with Crippen molar-refractivity contribution in [3.63, 3.8) is 0 Å². The minimum absolute atomic E-state index is 0.352. The standard InChI is InChI=1S/C13H10Cl3NO/c14-9-2-1-8(7-17)12(5-9)18-13-6-10(15)3-4-11(13)16/h1-6H,7,17H2. The van der Waals surface area contributed by atoms with Crippen LogP contribution in [-0.2, 0) is 6.54 Å². The van der Waals surface area contributed by atoms with Gasteiger partial charge in [0.15, 0.2) is 0 Å². The first kappa shape index (κ1) is 13.5. The highest BCUT2D eigenvalue weighted by atomic mass is 35.5. The summed E-state index contributed by atoms with van der Waals surface area (Å²) >= 11 is 17.9. The van der Waals surface area contributed by atoms with E-state index in [4.69, 9.17) is 45.3 Å². The Hall–Kier alpha value is -0.930. The highest BCUT2D eigenvalue weighted by Gasteiger charge is 2.08. The summed E-state index contributed by atoms with van der Waals surface area (Å²) in [5.41, 5.74) is 6.48. The smallest absolute Gasteiger partial charge is 0.147 e. The van der Waals surface area contributed by atoms with Crippen LogP contribution in [0, 0.1) is 0 Å². The lowest BCUT2D eigenvalue weighted by atomic mass is 10.2. The van der Waals surface area contributed by atoms with Crippen molar-refractivity contribution < 1.29 is 4.74 Å². The van der Waals surface area contributed by atoms with E-state index in [1.165, 1.54) is 0 Å². The molecule has 0 heterocycles. The maximum absolute atomic E-state index is 6.03. The van der Waals surface area contributed by atoms with Crippen LogP contribution in [0.2, 0.25) is 15.1 Å². The summed E-state index contributed by atoms with van der Waals surface area (Å²) < 4.78 is 5.71. The molecule has 0 unspecified atom stereocenters. The van der Waals surface area contributed by atoms with Crippen LogP contribution in [0.4, 0.5) is 0 Å². The van der Waals surface area contributed by atoms with Crippen LogP contribution in [-0.4, -0.2) is 0 Å². The second-order valence-corrected chi connectivity index (χ2v) is 4.91. The van der Waals surface area contributed by atoms with E-state index in [-0.39, 0.29) is 0 Å². The van der Waals surface area contributed by atoms with Gasteiger partial charge in [-0.3, -0.25) is 0 Å². The summed E-state index contributed by atoms with van der Waals surface area (Å²) in [5, 5.41) is 1.59. The predicted octanol–water partition coefficient (Wildman–Crippen LogP) is 4.90. The third-order valence-electron chi connectivity index (χ3n) is 2.36. The van der Waals surface area contributed by atoms with Gasteiger partial charge in [0, 0.05) is 28.2 Å². The van der Waals surface area contributed by atoms with Crippen molar-refractivity contribution in [2.24, 2.45) is 5.73 Å². The quantitative estimate of drug-likeness (QED) is 0.875. The average molecular weight is 303 g/mol. The molecule has 0 saturated heterocycles. The van der Waals surface area contributed by atoms with Crippen molar-refractivity contribution >= 4 is 34.8 Å². The fourth-order valence-corrected chi connectivity index (χ4v) is 1.95. The Morgan fingerprint density at radius 1 is 0.889 bits per heavy atom. The summed E-state index contributed by atoms with van der Waals surface area (Å²) in [5.74, 6) is 1.05. The molecular formula is C13H10Cl3NO. The van der Waals surface area contributed by atoms with Gasteiger partial charge < -0.3 is 10.5 Å². The van der Waals surface area contributed by atoms with Crippen LogP contribution >= 0.6 is 34.8 Å². The van der Waals surface area contributed by atoms with Gasteiger partial charge in [0.25, 0.3) is 0 Å². The zero-order valence-corrected chi connectivity index (χ0v) is 11.6. The number of benzene rings is 2. The maximum atomic E-state index is 6.03. The molecule has 5 heteroatoms. The molecule has 0 amide bonds. The molecule has 0 aromatic heterocycles. The van der Waals surface area contributed by atoms with Crippen LogP contribution in [0.3, 0.4) is 0 Å². The molecule has 2 nitrogen and oxygen atoms in total. The molecule has 0 aliphatic heterocycles. The van der Waals surface area contributed by atoms with Crippen molar-refractivity contribution in [2.75, 3.05) is 0 Å². The van der Waals surface area contributed by atoms with Gasteiger partial charge >= 0.3 is 0 Å². The van der Waals surface area contributed by atoms with Gasteiger partial charge in [0.05, 0.1) is 5.02 Å². The molecule has 0 bridgehead atoms. The first-order valence-corrected chi connectivity index (χ1v) is 6.35. The minimum Gasteiger partial charge on any atom is -0.455 e. The largest absolute Gasteiger partial charge is 0.455 e. The summed E-state index contributed by atoms with van der Waals surface area (Å²) in [6.45, 7) is 0.352. The van der Waals surface area contributed by atoms with E-state index in [2.05, 4.69) is 0 Å². The third kappa shape index (κ3) is 3.09. The van der Waals surface area contributed by atoms with Crippen molar-refractivity contribution in [3.05, 3.63) is 57.0 Å². The van der Waals surface area contributed by atoms with Gasteiger partial charge in [-0.25, -0.2) is 0 Å². The third-order valence-corrected chi connectivity index (χ3v) is 3.14. The second-order valence-electron chi connectivity index (χ2n) is 3.63. The molecule has 94 valence electrons. The molecule has 18 heavy (non-hydrogen) atoms. The van der Waals surface area contributed by atoms with E-state index in [0.717, 1.165) is 5.56 Å². The number of hydrogen-bond donors (Lipinski definition) is 1. The highest BCUT2D eigenvalue weighted by molar-refractivity contribution is 6.34. The summed E-state index contributed by atoms with van der Waals surface area (Å²) in [6, 6.07) is 10.3. The Bertz CT molecular complexity index is 572. The van der Waals surface area contributed by atoms with Crippen LogP contribution in [0.15, 0.2) is 36.4 Å². The van der Waals surface area contributed by atoms with Gasteiger partial charge in [-0.2, -0.15) is 0 Å². The van der Waals surface area contributed by atoms with Gasteiger partial charge in [-0.15, -0.1) is 0 Å². The van der Waals surface area contributed by atoms with Gasteiger partial charge in [0.2, 0.25) is 0 Å². The van der Waals surface area contributed by atoms with Crippen LogP contribution in [0.25, 0.3) is 0 Å². The predicted molar refractivity (Wildman–Crippen MR) is 75.9 cm³/mol. The van der Waals surface area contributed by atoms with E-state index in [1.54, 1.807) is 30.3 Å². The molecule has 2 rings (SSSR count). The van der Waals surface area contributed by atoms with E-state index in [0.29, 0.717) is 33.1 Å². The normalized spacial score (nSPS) is 10.4. The molecule has 2 N–H and O–H groups in total. The van der Waals surface area contributed by atoms with Crippen molar-refractivity contribution in [2.45, 2.75) is 6.54 Å². The molecule has 0 fully saturated rings. The van der Waals surface area contributed by atoms with Crippen LogP contribution < -0.4 is 10.5 Å².